The average Bonchev–Trinajstić information content (AvgIpc) is 3.17. The number of benzene rings is 2. The van der Waals surface area contributed by atoms with Gasteiger partial charge in [0.25, 0.3) is 0 Å². The normalized spacial score (nSPS) is 12.5. The molecule has 3 aromatic rings. The average molecular weight is 458 g/mol. The largest absolute Gasteiger partial charge is 0.346 e. The number of thiol groups is 1. The fraction of sp³-hybridized carbons (Fsp3) is 0.304. The third-order valence-electron chi connectivity index (χ3n) is 4.70. The molecule has 2 N–H and O–H groups in total. The predicted molar refractivity (Wildman–Crippen MR) is 126 cm³/mol. The molecule has 0 aliphatic heterocycles. The molecule has 0 saturated carbocycles. The summed E-state index contributed by atoms with van der Waals surface area (Å²) in [6.45, 7) is 5.64. The number of anilines is 1. The highest BCUT2D eigenvalue weighted by atomic mass is 32.2. The van der Waals surface area contributed by atoms with Crippen molar-refractivity contribution >= 4 is 33.8 Å². The summed E-state index contributed by atoms with van der Waals surface area (Å²) in [6, 6.07) is 17.0. The highest BCUT2D eigenvalue weighted by molar-refractivity contribution is 7.73. The highest BCUT2D eigenvalue weighted by Gasteiger charge is 2.26. The molecule has 0 radical (unpaired) electrons. The van der Waals surface area contributed by atoms with Crippen molar-refractivity contribution in [1.82, 2.24) is 10.3 Å². The molecule has 0 saturated heterocycles. The molecule has 2 aromatic carbocycles. The summed E-state index contributed by atoms with van der Waals surface area (Å²) in [6.07, 6.45) is 1.30. The van der Waals surface area contributed by atoms with E-state index in [9.17, 15) is 13.2 Å². The quantitative estimate of drug-likeness (QED) is 0.444. The summed E-state index contributed by atoms with van der Waals surface area (Å²) in [5, 5.41) is 6.04. The Labute approximate surface area is 188 Å². The summed E-state index contributed by atoms with van der Waals surface area (Å²) in [5.74, 6) is -0.0426. The highest BCUT2D eigenvalue weighted by Crippen LogP contribution is 2.26. The first-order valence-electron chi connectivity index (χ1n) is 10.00. The Hall–Kier alpha value is -2.71. The minimum absolute atomic E-state index is 0.0426. The zero-order valence-corrected chi connectivity index (χ0v) is 19.5. The summed E-state index contributed by atoms with van der Waals surface area (Å²) in [7, 11) is -2.70. The molecule has 0 aliphatic rings. The van der Waals surface area contributed by atoms with Crippen LogP contribution in [0.25, 0.3) is 0 Å². The lowest BCUT2D eigenvalue weighted by molar-refractivity contribution is -0.129. The second-order valence-corrected chi connectivity index (χ2v) is 10.0. The molecule has 0 spiro atoms. The number of nitrogens with one attached hydrogen (secondary N) is 2. The van der Waals surface area contributed by atoms with E-state index in [1.165, 1.54) is 5.56 Å². The van der Waals surface area contributed by atoms with E-state index in [2.05, 4.69) is 22.2 Å². The molecule has 0 bridgehead atoms. The third kappa shape index (κ3) is 6.90. The van der Waals surface area contributed by atoms with Crippen LogP contribution in [-0.4, -0.2) is 19.3 Å². The van der Waals surface area contributed by atoms with Gasteiger partial charge in [-0.3, -0.25) is 9.52 Å². The molecule has 1 heterocycles. The summed E-state index contributed by atoms with van der Waals surface area (Å²) in [5.41, 5.74) is 3.13. The number of thiazole rings is 1. The van der Waals surface area contributed by atoms with Crippen molar-refractivity contribution in [2.24, 2.45) is 5.41 Å². The standard InChI is InChI=1S/C23H27N3O3S2/c1-23(2,3)22(27)25-20(14-17-9-11-18(12-10-17)26-31(28)29)21-24-19(15-30-21)13-16-7-5-4-6-8-16/h4-12,15,20,31H,13-14H2,1-3H3,(H,25,27)(H,26,28,29)/t20-/m0/s1. The summed E-state index contributed by atoms with van der Waals surface area (Å²) < 4.78 is 24.0. The number of amides is 1. The Kier molecular flexibility index (Phi) is 7.46. The number of aromatic nitrogens is 1. The van der Waals surface area contributed by atoms with E-state index in [0.29, 0.717) is 12.1 Å². The molecule has 6 nitrogen and oxygen atoms in total. The van der Waals surface area contributed by atoms with Crippen LogP contribution in [0.3, 0.4) is 0 Å². The molecule has 0 unspecified atom stereocenters. The third-order valence-corrected chi connectivity index (χ3v) is 6.14. The molecule has 1 atom stereocenters. The van der Waals surface area contributed by atoms with E-state index in [0.717, 1.165) is 22.7 Å². The van der Waals surface area contributed by atoms with Crippen LogP contribution in [0.2, 0.25) is 0 Å². The van der Waals surface area contributed by atoms with Gasteiger partial charge in [0, 0.05) is 22.9 Å². The minimum Gasteiger partial charge on any atom is -0.346 e. The lowest BCUT2D eigenvalue weighted by atomic mass is 9.94. The van der Waals surface area contributed by atoms with Crippen LogP contribution in [0.15, 0.2) is 60.0 Å². The summed E-state index contributed by atoms with van der Waals surface area (Å²) >= 11 is 1.54. The van der Waals surface area contributed by atoms with Crippen LogP contribution in [0, 0.1) is 5.41 Å². The van der Waals surface area contributed by atoms with Gasteiger partial charge in [0.1, 0.15) is 5.01 Å². The van der Waals surface area contributed by atoms with Crippen molar-refractivity contribution in [2.75, 3.05) is 4.72 Å². The zero-order valence-electron chi connectivity index (χ0n) is 17.8. The lowest BCUT2D eigenvalue weighted by Crippen LogP contribution is -2.38. The Morgan fingerprint density at radius 3 is 2.32 bits per heavy atom. The molecular weight excluding hydrogens is 430 g/mol. The van der Waals surface area contributed by atoms with Crippen LogP contribution in [-0.2, 0) is 28.5 Å². The van der Waals surface area contributed by atoms with Crippen molar-refractivity contribution in [3.05, 3.63) is 81.8 Å². The molecular formula is C23H27N3O3S2. The maximum absolute atomic E-state index is 12.7. The van der Waals surface area contributed by atoms with Gasteiger partial charge in [0.2, 0.25) is 16.8 Å². The van der Waals surface area contributed by atoms with Gasteiger partial charge >= 0.3 is 0 Å². The number of carbonyl (C=O) groups is 1. The first-order chi connectivity index (χ1) is 14.7. The Bertz CT molecular complexity index is 1080. The number of hydrogen-bond donors (Lipinski definition) is 3. The van der Waals surface area contributed by atoms with Crippen molar-refractivity contribution in [1.29, 1.82) is 0 Å². The smallest absolute Gasteiger partial charge is 0.225 e. The van der Waals surface area contributed by atoms with Crippen LogP contribution in [0.1, 0.15) is 48.6 Å². The molecule has 1 aromatic heterocycles. The van der Waals surface area contributed by atoms with Gasteiger partial charge in [-0.25, -0.2) is 13.4 Å². The minimum atomic E-state index is -2.70. The predicted octanol–water partition coefficient (Wildman–Crippen LogP) is 4.12. The van der Waals surface area contributed by atoms with E-state index in [1.54, 1.807) is 23.5 Å². The van der Waals surface area contributed by atoms with Gasteiger partial charge in [-0.1, -0.05) is 63.2 Å². The Morgan fingerprint density at radius 2 is 1.71 bits per heavy atom. The van der Waals surface area contributed by atoms with Crippen LogP contribution >= 0.6 is 11.3 Å². The Morgan fingerprint density at radius 1 is 1.03 bits per heavy atom. The molecule has 31 heavy (non-hydrogen) atoms. The van der Waals surface area contributed by atoms with Gasteiger partial charge in [-0.2, -0.15) is 0 Å². The number of hydrogen-bond acceptors (Lipinski definition) is 5. The molecule has 3 rings (SSSR count). The van der Waals surface area contributed by atoms with E-state index in [4.69, 9.17) is 4.98 Å². The molecule has 1 amide bonds. The summed E-state index contributed by atoms with van der Waals surface area (Å²) in [4.78, 5) is 17.5. The van der Waals surface area contributed by atoms with Crippen molar-refractivity contribution in [3.63, 3.8) is 0 Å². The fourth-order valence-electron chi connectivity index (χ4n) is 3.00. The SMILES string of the molecule is CC(C)(C)C(=O)N[C@@H](Cc1ccc(N[SH](=O)=O)cc1)c1nc(Cc2ccccc2)cs1. The number of carbonyl (C=O) groups excluding carboxylic acids is 1. The van der Waals surface area contributed by atoms with Crippen LogP contribution in [0.4, 0.5) is 5.69 Å². The van der Waals surface area contributed by atoms with Crippen LogP contribution < -0.4 is 10.0 Å². The van der Waals surface area contributed by atoms with E-state index < -0.39 is 16.3 Å². The van der Waals surface area contributed by atoms with E-state index in [-0.39, 0.29) is 11.9 Å². The van der Waals surface area contributed by atoms with Gasteiger partial charge in [0.05, 0.1) is 11.7 Å². The van der Waals surface area contributed by atoms with Gasteiger partial charge in [0.15, 0.2) is 0 Å². The topological polar surface area (TPSA) is 88.2 Å². The fourth-order valence-corrected chi connectivity index (χ4v) is 4.23. The Balaban J connectivity index is 1.80. The maximum Gasteiger partial charge on any atom is 0.225 e. The monoisotopic (exact) mass is 457 g/mol. The first kappa shape index (κ1) is 23.0. The second kappa shape index (κ2) is 10.1. The first-order valence-corrected chi connectivity index (χ1v) is 12.1. The maximum atomic E-state index is 12.7. The van der Waals surface area contributed by atoms with Crippen LogP contribution in [0.5, 0.6) is 0 Å². The van der Waals surface area contributed by atoms with Gasteiger partial charge in [-0.15, -0.1) is 11.3 Å². The lowest BCUT2D eigenvalue weighted by Gasteiger charge is -2.23. The zero-order chi connectivity index (χ0) is 22.4. The van der Waals surface area contributed by atoms with Crippen molar-refractivity contribution in [3.8, 4) is 0 Å². The van der Waals surface area contributed by atoms with Gasteiger partial charge in [-0.05, 0) is 29.7 Å². The van der Waals surface area contributed by atoms with E-state index in [1.807, 2.05) is 56.5 Å². The molecule has 164 valence electrons. The number of nitrogens with zero attached hydrogens (tertiary/aromatic N) is 1. The second-order valence-electron chi connectivity index (χ2n) is 8.39. The molecule has 8 heteroatoms. The van der Waals surface area contributed by atoms with Crippen molar-refractivity contribution < 1.29 is 13.2 Å². The number of rotatable bonds is 8. The van der Waals surface area contributed by atoms with Crippen molar-refractivity contribution in [2.45, 2.75) is 39.7 Å². The van der Waals surface area contributed by atoms with Gasteiger partial charge < -0.3 is 5.32 Å². The molecule has 0 aliphatic carbocycles. The van der Waals surface area contributed by atoms with E-state index >= 15 is 0 Å². The molecule has 0 fully saturated rings.